The number of carbonyl (C=O) groups is 2. The van der Waals surface area contributed by atoms with Gasteiger partial charge in [0.2, 0.25) is 5.78 Å². The lowest BCUT2D eigenvalue weighted by Crippen LogP contribution is -2.34. The third kappa shape index (κ3) is 4.99. The summed E-state index contributed by atoms with van der Waals surface area (Å²) in [6.45, 7) is 10.6. The van der Waals surface area contributed by atoms with Crippen LogP contribution >= 0.6 is 27.3 Å². The molecule has 1 amide bonds. The molecule has 184 valence electrons. The Morgan fingerprint density at radius 1 is 1.26 bits per heavy atom. The van der Waals surface area contributed by atoms with Gasteiger partial charge in [-0.25, -0.2) is 4.98 Å². The van der Waals surface area contributed by atoms with Gasteiger partial charge in [0.05, 0.1) is 38.8 Å². The zero-order chi connectivity index (χ0) is 25.2. The number of aromatic nitrogens is 1. The number of ketones is 1. The third-order valence-corrected chi connectivity index (χ3v) is 7.69. The van der Waals surface area contributed by atoms with Gasteiger partial charge >= 0.3 is 0 Å². The predicted octanol–water partition coefficient (Wildman–Crippen LogP) is 4.55. The average molecular weight is 552 g/mol. The molecule has 0 saturated heterocycles. The fourth-order valence-corrected chi connectivity index (χ4v) is 5.57. The summed E-state index contributed by atoms with van der Waals surface area (Å²) in [6, 6.07) is 2.40. The Hall–Kier alpha value is -2.43. The Balaban J connectivity index is 2.07. The van der Waals surface area contributed by atoms with Crippen LogP contribution in [0.5, 0.6) is 11.5 Å². The Kier molecular flexibility index (Phi) is 8.38. The lowest BCUT2D eigenvalue weighted by Gasteiger charge is -2.28. The number of phenolic OH excluding ortho intramolecular Hbond substituents is 1. The topological polar surface area (TPSA) is 103 Å². The Morgan fingerprint density at radius 3 is 2.50 bits per heavy atom. The number of hydrogen-bond donors (Lipinski definition) is 2. The van der Waals surface area contributed by atoms with Gasteiger partial charge in [-0.15, -0.1) is 11.3 Å². The number of ether oxygens (including phenoxy) is 1. The molecule has 2 heterocycles. The van der Waals surface area contributed by atoms with Gasteiger partial charge in [0, 0.05) is 6.54 Å². The van der Waals surface area contributed by atoms with E-state index in [-0.39, 0.29) is 17.1 Å². The molecule has 1 unspecified atom stereocenters. The van der Waals surface area contributed by atoms with E-state index in [0.29, 0.717) is 33.6 Å². The van der Waals surface area contributed by atoms with Crippen LogP contribution in [0.15, 0.2) is 27.9 Å². The van der Waals surface area contributed by atoms with Crippen molar-refractivity contribution < 1.29 is 24.5 Å². The van der Waals surface area contributed by atoms with Crippen molar-refractivity contribution >= 4 is 39.0 Å². The summed E-state index contributed by atoms with van der Waals surface area (Å²) in [4.78, 5) is 35.3. The largest absolute Gasteiger partial charge is 0.503 e. The van der Waals surface area contributed by atoms with Gasteiger partial charge in [0.1, 0.15) is 0 Å². The summed E-state index contributed by atoms with van der Waals surface area (Å²) in [5.41, 5.74) is 1.12. The van der Waals surface area contributed by atoms with E-state index in [2.05, 4.69) is 39.7 Å². The van der Waals surface area contributed by atoms with Crippen LogP contribution in [0.4, 0.5) is 0 Å². The minimum Gasteiger partial charge on any atom is -0.503 e. The van der Waals surface area contributed by atoms with E-state index in [1.807, 2.05) is 0 Å². The molecule has 2 N–H and O–H groups in total. The number of methoxy groups -OCH3 is 1. The van der Waals surface area contributed by atoms with Crippen LogP contribution in [0, 0.1) is 13.8 Å². The summed E-state index contributed by atoms with van der Waals surface area (Å²) in [6.07, 6.45) is 0.674. The molecule has 0 aliphatic carbocycles. The number of aliphatic hydroxyl groups excluding tert-OH is 1. The molecule has 1 aliphatic heterocycles. The number of hydrogen-bond acceptors (Lipinski definition) is 8. The van der Waals surface area contributed by atoms with Gasteiger partial charge in [0.25, 0.3) is 5.91 Å². The molecule has 1 aliphatic rings. The molecule has 2 aromatic rings. The third-order valence-electron chi connectivity index (χ3n) is 6.01. The van der Waals surface area contributed by atoms with Crippen molar-refractivity contribution in [3.05, 3.63) is 49.1 Å². The fourth-order valence-electron chi connectivity index (χ4n) is 4.24. The molecule has 1 aromatic heterocycles. The Labute approximate surface area is 212 Å². The summed E-state index contributed by atoms with van der Waals surface area (Å²) < 4.78 is 5.66. The number of halogens is 1. The second-order valence-corrected chi connectivity index (χ2v) is 10.1. The first-order valence-corrected chi connectivity index (χ1v) is 12.8. The number of aromatic hydroxyl groups is 1. The molecule has 1 atom stereocenters. The zero-order valence-electron chi connectivity index (χ0n) is 20.0. The number of benzene rings is 1. The SMILES string of the molecule is CCN(CC)CCCN1C(=O)C(O)=C(C(=O)c2sc(C)nc2C)C1c1cc(Br)c(O)c(OC)c1. The minimum atomic E-state index is -0.829. The van der Waals surface area contributed by atoms with E-state index in [4.69, 9.17) is 4.74 Å². The number of aryl methyl sites for hydroxylation is 2. The van der Waals surface area contributed by atoms with Crippen LogP contribution in [0.2, 0.25) is 0 Å². The van der Waals surface area contributed by atoms with Gasteiger partial charge in [0.15, 0.2) is 17.3 Å². The van der Waals surface area contributed by atoms with Gasteiger partial charge in [-0.2, -0.15) is 0 Å². The van der Waals surface area contributed by atoms with Crippen molar-refractivity contribution in [3.8, 4) is 11.5 Å². The molecule has 34 heavy (non-hydrogen) atoms. The molecule has 0 fully saturated rings. The van der Waals surface area contributed by atoms with Crippen LogP contribution in [0.25, 0.3) is 0 Å². The number of nitrogens with zero attached hydrogens (tertiary/aromatic N) is 3. The van der Waals surface area contributed by atoms with Crippen molar-refractivity contribution in [2.75, 3.05) is 33.3 Å². The minimum absolute atomic E-state index is 0.0132. The molecular weight excluding hydrogens is 522 g/mol. The fraction of sp³-hybridized carbons (Fsp3) is 0.458. The van der Waals surface area contributed by atoms with Gasteiger partial charge in [-0.3, -0.25) is 9.59 Å². The normalized spacial score (nSPS) is 16.1. The molecule has 0 bridgehead atoms. The van der Waals surface area contributed by atoms with E-state index >= 15 is 0 Å². The second kappa shape index (κ2) is 10.9. The van der Waals surface area contributed by atoms with Crippen LogP contribution in [-0.4, -0.2) is 70.0 Å². The van der Waals surface area contributed by atoms with E-state index in [9.17, 15) is 19.8 Å². The van der Waals surface area contributed by atoms with Gasteiger partial charge in [-0.05, 0) is 73.5 Å². The highest BCUT2D eigenvalue weighted by Crippen LogP contribution is 2.44. The number of rotatable bonds is 10. The maximum Gasteiger partial charge on any atom is 0.290 e. The molecule has 3 rings (SSSR count). The van der Waals surface area contributed by atoms with Crippen LogP contribution in [0.3, 0.4) is 0 Å². The summed E-state index contributed by atoms with van der Waals surface area (Å²) in [7, 11) is 1.43. The lowest BCUT2D eigenvalue weighted by molar-refractivity contribution is -0.129. The number of aliphatic hydroxyl groups is 1. The van der Waals surface area contributed by atoms with E-state index in [1.54, 1.807) is 26.0 Å². The number of Topliss-reactive ketones (excluding diaryl/α,β-unsaturated/α-hetero) is 1. The van der Waals surface area contributed by atoms with Crippen molar-refractivity contribution in [2.24, 2.45) is 0 Å². The van der Waals surface area contributed by atoms with Crippen LogP contribution in [-0.2, 0) is 4.79 Å². The molecule has 10 heteroatoms. The van der Waals surface area contributed by atoms with Gasteiger partial charge in [-0.1, -0.05) is 13.8 Å². The first-order valence-electron chi connectivity index (χ1n) is 11.2. The first-order chi connectivity index (χ1) is 16.1. The second-order valence-electron chi connectivity index (χ2n) is 8.07. The highest BCUT2D eigenvalue weighted by atomic mass is 79.9. The van der Waals surface area contributed by atoms with Gasteiger partial charge < -0.3 is 24.7 Å². The average Bonchev–Trinajstić information content (AvgIpc) is 3.28. The smallest absolute Gasteiger partial charge is 0.290 e. The number of carbonyl (C=O) groups excluding carboxylic acids is 2. The summed E-state index contributed by atoms with van der Waals surface area (Å²) in [5.74, 6) is -1.45. The van der Waals surface area contributed by atoms with Crippen molar-refractivity contribution in [1.29, 1.82) is 0 Å². The van der Waals surface area contributed by atoms with Crippen LogP contribution < -0.4 is 4.74 Å². The molecule has 0 spiro atoms. The van der Waals surface area contributed by atoms with E-state index < -0.39 is 23.5 Å². The van der Waals surface area contributed by atoms with Crippen molar-refractivity contribution in [3.63, 3.8) is 0 Å². The van der Waals surface area contributed by atoms with Crippen LogP contribution in [0.1, 0.15) is 52.2 Å². The zero-order valence-corrected chi connectivity index (χ0v) is 22.4. The van der Waals surface area contributed by atoms with E-state index in [1.165, 1.54) is 23.3 Å². The number of thiazole rings is 1. The van der Waals surface area contributed by atoms with Crippen molar-refractivity contribution in [1.82, 2.24) is 14.8 Å². The van der Waals surface area contributed by atoms with Crippen molar-refractivity contribution in [2.45, 2.75) is 40.2 Å². The Morgan fingerprint density at radius 2 is 1.94 bits per heavy atom. The molecular formula is C24H30BrN3O5S. The highest BCUT2D eigenvalue weighted by molar-refractivity contribution is 9.10. The summed E-state index contributed by atoms with van der Waals surface area (Å²) in [5, 5.41) is 21.9. The quantitative estimate of drug-likeness (QED) is 0.417. The number of amides is 1. The predicted molar refractivity (Wildman–Crippen MR) is 135 cm³/mol. The number of phenols is 1. The molecule has 0 radical (unpaired) electrons. The first kappa shape index (κ1) is 26.2. The molecule has 1 aromatic carbocycles. The Bertz CT molecular complexity index is 1130. The lowest BCUT2D eigenvalue weighted by atomic mass is 9.94. The molecule has 0 saturated carbocycles. The molecule has 8 nitrogen and oxygen atoms in total. The summed E-state index contributed by atoms with van der Waals surface area (Å²) >= 11 is 4.57. The maximum atomic E-state index is 13.6. The standard InChI is InChI=1S/C24H30BrN3O5S/c1-6-27(7-2)9-8-10-28-19(15-11-16(25)20(29)17(12-15)33-5)18(22(31)24(28)32)21(30)23-13(3)26-14(4)34-23/h11-12,19,29,31H,6-10H2,1-5H3. The monoisotopic (exact) mass is 551 g/mol. The highest BCUT2D eigenvalue weighted by Gasteiger charge is 2.44. The van der Waals surface area contributed by atoms with E-state index in [0.717, 1.165) is 24.6 Å². The maximum absolute atomic E-state index is 13.6.